The van der Waals surface area contributed by atoms with Crippen molar-refractivity contribution in [1.82, 2.24) is 19.9 Å². The van der Waals surface area contributed by atoms with E-state index in [1.807, 2.05) is 26.0 Å². The SMILES string of the molecule is Cc1ccc(NC(=O)NC(=O)CSc2nnc3c(Cl)cc(C(F)(F)F)cn23)c(C)c1. The first-order valence-corrected chi connectivity index (χ1v) is 9.83. The summed E-state index contributed by atoms with van der Waals surface area (Å²) in [5.74, 6) is -0.924. The van der Waals surface area contributed by atoms with Crippen molar-refractivity contribution in [1.29, 1.82) is 0 Å². The van der Waals surface area contributed by atoms with Crippen LogP contribution in [0.2, 0.25) is 5.02 Å². The molecule has 0 saturated heterocycles. The number of urea groups is 1. The Morgan fingerprint density at radius 1 is 1.20 bits per heavy atom. The molecular formula is C18H15ClF3N5O2S. The fraction of sp³-hybridized carbons (Fsp3) is 0.222. The van der Waals surface area contributed by atoms with Crippen molar-refractivity contribution >= 4 is 46.6 Å². The van der Waals surface area contributed by atoms with Crippen molar-refractivity contribution in [3.8, 4) is 0 Å². The first-order chi connectivity index (χ1) is 14.0. The first-order valence-electron chi connectivity index (χ1n) is 8.47. The van der Waals surface area contributed by atoms with E-state index in [-0.39, 0.29) is 21.6 Å². The van der Waals surface area contributed by atoms with E-state index in [0.29, 0.717) is 5.69 Å². The van der Waals surface area contributed by atoms with Crippen molar-refractivity contribution in [2.24, 2.45) is 0 Å². The summed E-state index contributed by atoms with van der Waals surface area (Å²) < 4.78 is 40.0. The van der Waals surface area contributed by atoms with Crippen molar-refractivity contribution in [2.75, 3.05) is 11.1 Å². The highest BCUT2D eigenvalue weighted by molar-refractivity contribution is 7.99. The molecule has 0 aliphatic rings. The number of nitrogens with zero attached hydrogens (tertiary/aromatic N) is 3. The third-order valence-electron chi connectivity index (χ3n) is 3.97. The highest BCUT2D eigenvalue weighted by atomic mass is 35.5. The minimum absolute atomic E-state index is 0.0279. The largest absolute Gasteiger partial charge is 0.417 e. The lowest BCUT2D eigenvalue weighted by atomic mass is 10.1. The molecule has 3 amide bonds. The third-order valence-corrected chi connectivity index (χ3v) is 5.19. The molecule has 0 spiro atoms. The number of thioether (sulfide) groups is 1. The number of aromatic nitrogens is 3. The van der Waals surface area contributed by atoms with E-state index in [1.165, 1.54) is 0 Å². The maximum Gasteiger partial charge on any atom is 0.417 e. The number of rotatable bonds is 4. The van der Waals surface area contributed by atoms with Gasteiger partial charge in [0.25, 0.3) is 0 Å². The van der Waals surface area contributed by atoms with Gasteiger partial charge in [-0.2, -0.15) is 13.2 Å². The van der Waals surface area contributed by atoms with Crippen LogP contribution in [0.25, 0.3) is 5.65 Å². The van der Waals surface area contributed by atoms with Crippen LogP contribution in [-0.4, -0.2) is 32.3 Å². The van der Waals surface area contributed by atoms with Crippen LogP contribution in [0.3, 0.4) is 0 Å². The number of aryl methyl sites for hydroxylation is 2. The lowest BCUT2D eigenvalue weighted by Gasteiger charge is -2.10. The van der Waals surface area contributed by atoms with Gasteiger partial charge in [-0.15, -0.1) is 10.2 Å². The lowest BCUT2D eigenvalue weighted by molar-refractivity contribution is -0.137. The third kappa shape index (κ3) is 5.03. The molecule has 0 aliphatic carbocycles. The number of halogens is 4. The fourth-order valence-electron chi connectivity index (χ4n) is 2.59. The number of carbonyl (C=O) groups is 2. The molecule has 0 fully saturated rings. The molecule has 0 atom stereocenters. The van der Waals surface area contributed by atoms with Gasteiger partial charge in [-0.1, -0.05) is 41.1 Å². The normalized spacial score (nSPS) is 11.5. The van der Waals surface area contributed by atoms with Crippen LogP contribution < -0.4 is 10.6 Å². The first kappa shape index (κ1) is 21.9. The zero-order valence-electron chi connectivity index (χ0n) is 15.7. The standard InChI is InChI=1S/C18H15ClF3N5O2S/c1-9-3-4-13(10(2)5-9)23-16(29)24-14(28)8-30-17-26-25-15-12(19)6-11(7-27(15)17)18(20,21)22/h3-7H,8H2,1-2H3,(H2,23,24,28,29). The molecule has 3 rings (SSSR count). The monoisotopic (exact) mass is 457 g/mol. The summed E-state index contributed by atoms with van der Waals surface area (Å²) in [7, 11) is 0. The average Bonchev–Trinajstić information content (AvgIpc) is 3.05. The van der Waals surface area contributed by atoms with E-state index in [0.717, 1.165) is 39.6 Å². The second-order valence-corrected chi connectivity index (χ2v) is 7.71. The molecule has 12 heteroatoms. The predicted molar refractivity (Wildman–Crippen MR) is 107 cm³/mol. The minimum Gasteiger partial charge on any atom is -0.307 e. The molecule has 0 bridgehead atoms. The van der Waals surface area contributed by atoms with Gasteiger partial charge < -0.3 is 5.32 Å². The van der Waals surface area contributed by atoms with Gasteiger partial charge in [0.05, 0.1) is 16.3 Å². The Kier molecular flexibility index (Phi) is 6.22. The van der Waals surface area contributed by atoms with E-state index in [1.54, 1.807) is 6.07 Å². The molecule has 158 valence electrons. The molecule has 2 aromatic heterocycles. The summed E-state index contributed by atoms with van der Waals surface area (Å²) in [6.07, 6.45) is -3.80. The van der Waals surface area contributed by atoms with Gasteiger partial charge in [0.1, 0.15) is 0 Å². The average molecular weight is 458 g/mol. The molecule has 0 aliphatic heterocycles. The lowest BCUT2D eigenvalue weighted by Crippen LogP contribution is -2.35. The zero-order valence-corrected chi connectivity index (χ0v) is 17.2. The van der Waals surface area contributed by atoms with Gasteiger partial charge >= 0.3 is 12.2 Å². The maximum absolute atomic E-state index is 13.0. The Labute approximate surface area is 178 Å². The van der Waals surface area contributed by atoms with Crippen LogP contribution in [0.4, 0.5) is 23.7 Å². The summed E-state index contributed by atoms with van der Waals surface area (Å²) >= 11 is 6.67. The molecule has 0 radical (unpaired) electrons. The van der Waals surface area contributed by atoms with Crippen LogP contribution in [0, 0.1) is 13.8 Å². The second kappa shape index (κ2) is 8.52. The molecule has 3 aromatic rings. The van der Waals surface area contributed by atoms with Crippen LogP contribution in [0.15, 0.2) is 35.6 Å². The molecular weight excluding hydrogens is 443 g/mol. The molecule has 1 aromatic carbocycles. The van der Waals surface area contributed by atoms with Crippen molar-refractivity contribution in [2.45, 2.75) is 25.2 Å². The van der Waals surface area contributed by atoms with E-state index < -0.39 is 23.7 Å². The fourth-order valence-corrected chi connectivity index (χ4v) is 3.54. The molecule has 0 saturated carbocycles. The Morgan fingerprint density at radius 3 is 2.60 bits per heavy atom. The maximum atomic E-state index is 13.0. The second-order valence-electron chi connectivity index (χ2n) is 6.36. The summed E-state index contributed by atoms with van der Waals surface area (Å²) in [6.45, 7) is 3.73. The number of hydrogen-bond acceptors (Lipinski definition) is 5. The van der Waals surface area contributed by atoms with Crippen molar-refractivity contribution < 1.29 is 22.8 Å². The van der Waals surface area contributed by atoms with Gasteiger partial charge in [0.15, 0.2) is 10.8 Å². The van der Waals surface area contributed by atoms with Gasteiger partial charge in [-0.3, -0.25) is 14.5 Å². The van der Waals surface area contributed by atoms with Crippen LogP contribution in [0.5, 0.6) is 0 Å². The Balaban J connectivity index is 1.65. The predicted octanol–water partition coefficient (Wildman–Crippen LogP) is 4.46. The van der Waals surface area contributed by atoms with Crippen molar-refractivity contribution in [3.63, 3.8) is 0 Å². The Hall–Kier alpha value is -2.79. The number of fused-ring (bicyclic) bond motifs is 1. The van der Waals surface area contributed by atoms with Gasteiger partial charge in [0, 0.05) is 11.9 Å². The van der Waals surface area contributed by atoms with Crippen LogP contribution in [-0.2, 0) is 11.0 Å². The molecule has 2 N–H and O–H groups in total. The summed E-state index contributed by atoms with van der Waals surface area (Å²) in [5.41, 5.74) is 1.47. The quantitative estimate of drug-likeness (QED) is 0.565. The number of benzene rings is 1. The Morgan fingerprint density at radius 2 is 1.93 bits per heavy atom. The number of amides is 3. The smallest absolute Gasteiger partial charge is 0.307 e. The van der Waals surface area contributed by atoms with Crippen molar-refractivity contribution in [3.05, 3.63) is 52.2 Å². The van der Waals surface area contributed by atoms with Gasteiger partial charge in [0.2, 0.25) is 5.91 Å². The molecule has 30 heavy (non-hydrogen) atoms. The number of nitrogens with one attached hydrogen (secondary N) is 2. The summed E-state index contributed by atoms with van der Waals surface area (Å²) in [4.78, 5) is 24.1. The van der Waals surface area contributed by atoms with E-state index in [4.69, 9.17) is 11.6 Å². The van der Waals surface area contributed by atoms with E-state index in [9.17, 15) is 22.8 Å². The minimum atomic E-state index is -4.60. The van der Waals surface area contributed by atoms with Crippen LogP contribution in [0.1, 0.15) is 16.7 Å². The highest BCUT2D eigenvalue weighted by Crippen LogP contribution is 2.33. The summed E-state index contributed by atoms with van der Waals surface area (Å²) in [5, 5.41) is 12.0. The number of alkyl halides is 3. The van der Waals surface area contributed by atoms with Gasteiger partial charge in [-0.25, -0.2) is 4.79 Å². The van der Waals surface area contributed by atoms with Gasteiger partial charge in [-0.05, 0) is 31.5 Å². The topological polar surface area (TPSA) is 88.4 Å². The zero-order chi connectivity index (χ0) is 22.1. The number of hydrogen-bond donors (Lipinski definition) is 2. The number of pyridine rings is 1. The van der Waals surface area contributed by atoms with E-state index in [2.05, 4.69) is 20.8 Å². The molecule has 2 heterocycles. The Bertz CT molecular complexity index is 1130. The molecule has 7 nitrogen and oxygen atoms in total. The summed E-state index contributed by atoms with van der Waals surface area (Å²) in [6, 6.07) is 5.44. The highest BCUT2D eigenvalue weighted by Gasteiger charge is 2.32. The number of imide groups is 1. The molecule has 0 unspecified atom stereocenters. The van der Waals surface area contributed by atoms with Crippen LogP contribution >= 0.6 is 23.4 Å². The number of carbonyl (C=O) groups excluding carboxylic acids is 2. The number of anilines is 1. The van der Waals surface area contributed by atoms with E-state index >= 15 is 0 Å².